The Hall–Kier alpha value is -2.08. The van der Waals surface area contributed by atoms with Crippen LogP contribution in [0.5, 0.6) is 0 Å². The van der Waals surface area contributed by atoms with Crippen LogP contribution in [-0.2, 0) is 6.42 Å². The second-order valence-corrected chi connectivity index (χ2v) is 5.89. The summed E-state index contributed by atoms with van der Waals surface area (Å²) < 4.78 is 5.66. The van der Waals surface area contributed by atoms with E-state index in [9.17, 15) is 0 Å². The Bertz CT molecular complexity index is 665. The van der Waals surface area contributed by atoms with Crippen LogP contribution >= 0.6 is 11.3 Å². The van der Waals surface area contributed by atoms with E-state index in [1.165, 1.54) is 4.88 Å². The second kappa shape index (κ2) is 5.13. The van der Waals surface area contributed by atoms with Crippen molar-refractivity contribution in [2.75, 3.05) is 0 Å². The van der Waals surface area contributed by atoms with Gasteiger partial charge in [0.15, 0.2) is 0 Å². The van der Waals surface area contributed by atoms with Crippen molar-refractivity contribution in [2.45, 2.75) is 25.7 Å². The van der Waals surface area contributed by atoms with Crippen molar-refractivity contribution in [2.24, 2.45) is 21.7 Å². The molecule has 1 aliphatic carbocycles. The largest absolute Gasteiger partial charge is 0.468 e. The van der Waals surface area contributed by atoms with Crippen LogP contribution in [-0.4, -0.2) is 11.7 Å². The monoisotopic (exact) mass is 288 g/mol. The molecule has 0 amide bonds. The predicted octanol–water partition coefficient (Wildman–Crippen LogP) is 2.36. The fraction of sp³-hybridized carbons (Fsp3) is 0.286. The van der Waals surface area contributed by atoms with Gasteiger partial charge in [0.2, 0.25) is 5.96 Å². The molecule has 0 bridgehead atoms. The lowest BCUT2D eigenvalue weighted by atomic mass is 9.84. The Kier molecular flexibility index (Phi) is 3.31. The summed E-state index contributed by atoms with van der Waals surface area (Å²) in [4.78, 5) is 1.34. The first-order valence-electron chi connectivity index (χ1n) is 6.41. The van der Waals surface area contributed by atoms with E-state index < -0.39 is 0 Å². The molecule has 1 aliphatic rings. The Morgan fingerprint density at radius 1 is 1.40 bits per heavy atom. The van der Waals surface area contributed by atoms with E-state index in [2.05, 4.69) is 27.7 Å². The van der Waals surface area contributed by atoms with Gasteiger partial charge in [-0.25, -0.2) is 0 Å². The van der Waals surface area contributed by atoms with Crippen LogP contribution in [0.15, 0.2) is 38.4 Å². The molecule has 0 aliphatic heterocycles. The highest BCUT2D eigenvalue weighted by Crippen LogP contribution is 2.37. The van der Waals surface area contributed by atoms with Gasteiger partial charge in [0.1, 0.15) is 5.76 Å². The normalized spacial score (nSPS) is 19.9. The van der Waals surface area contributed by atoms with Gasteiger partial charge in [-0.3, -0.25) is 0 Å². The molecule has 0 spiro atoms. The van der Waals surface area contributed by atoms with Crippen LogP contribution in [0.25, 0.3) is 0 Å². The molecule has 0 radical (unpaired) electrons. The lowest BCUT2D eigenvalue weighted by Crippen LogP contribution is -2.23. The lowest BCUT2D eigenvalue weighted by molar-refractivity contribution is 0.482. The van der Waals surface area contributed by atoms with Gasteiger partial charge >= 0.3 is 0 Å². The van der Waals surface area contributed by atoms with Gasteiger partial charge in [-0.15, -0.1) is 16.4 Å². The Balaban J connectivity index is 2.02. The molecule has 0 fully saturated rings. The fourth-order valence-electron chi connectivity index (χ4n) is 2.60. The summed E-state index contributed by atoms with van der Waals surface area (Å²) in [6.45, 7) is 2.01. The minimum Gasteiger partial charge on any atom is -0.468 e. The highest BCUT2D eigenvalue weighted by Gasteiger charge is 2.29. The van der Waals surface area contributed by atoms with Gasteiger partial charge in [-0.1, -0.05) is 6.07 Å². The summed E-state index contributed by atoms with van der Waals surface area (Å²) >= 11 is 1.76. The molecule has 1 atom stereocenters. The molecule has 3 rings (SSSR count). The number of nitrogens with two attached hydrogens (primary N) is 2. The number of guanidine groups is 1. The molecule has 4 N–H and O–H groups in total. The molecular formula is C14H16N4OS. The standard InChI is InChI=1S/C14H16N4OS/c1-8-7-19-11-6-9(12-3-2-4-20-12)5-10(13(8)11)17-18-14(15)16/h2-4,7,9H,5-6H2,1H3,(H4,15,16,18)/b17-10+. The smallest absolute Gasteiger partial charge is 0.211 e. The average molecular weight is 288 g/mol. The highest BCUT2D eigenvalue weighted by molar-refractivity contribution is 7.10. The number of aryl methyl sites for hydroxylation is 1. The quantitative estimate of drug-likeness (QED) is 0.505. The summed E-state index contributed by atoms with van der Waals surface area (Å²) in [5.74, 6) is 1.32. The van der Waals surface area contributed by atoms with E-state index in [1.54, 1.807) is 17.6 Å². The SMILES string of the molecule is Cc1coc2c1/C(=N/N=C(N)N)CC(c1cccs1)C2. The third-order valence-corrected chi connectivity index (χ3v) is 4.48. The fourth-order valence-corrected chi connectivity index (χ4v) is 3.43. The van der Waals surface area contributed by atoms with Crippen molar-refractivity contribution in [3.63, 3.8) is 0 Å². The van der Waals surface area contributed by atoms with Gasteiger partial charge in [0.25, 0.3) is 0 Å². The van der Waals surface area contributed by atoms with Crippen molar-refractivity contribution in [3.05, 3.63) is 45.5 Å². The van der Waals surface area contributed by atoms with Crippen molar-refractivity contribution in [1.82, 2.24) is 0 Å². The van der Waals surface area contributed by atoms with E-state index in [4.69, 9.17) is 15.9 Å². The average Bonchev–Trinajstić information content (AvgIpc) is 3.06. The Labute approximate surface area is 121 Å². The van der Waals surface area contributed by atoms with Crippen LogP contribution in [0.1, 0.15) is 34.1 Å². The molecule has 104 valence electrons. The van der Waals surface area contributed by atoms with Crippen LogP contribution < -0.4 is 11.5 Å². The molecule has 0 aromatic carbocycles. The Morgan fingerprint density at radius 2 is 2.25 bits per heavy atom. The van der Waals surface area contributed by atoms with Crippen LogP contribution in [0.2, 0.25) is 0 Å². The van der Waals surface area contributed by atoms with E-state index >= 15 is 0 Å². The van der Waals surface area contributed by atoms with Crippen LogP contribution in [0.3, 0.4) is 0 Å². The first-order chi connectivity index (χ1) is 9.65. The summed E-state index contributed by atoms with van der Waals surface area (Å²) in [6, 6.07) is 4.21. The first-order valence-corrected chi connectivity index (χ1v) is 7.29. The molecule has 2 heterocycles. The maximum atomic E-state index is 5.66. The van der Waals surface area contributed by atoms with E-state index in [0.29, 0.717) is 5.92 Å². The number of thiophene rings is 1. The zero-order chi connectivity index (χ0) is 14.1. The topological polar surface area (TPSA) is 89.9 Å². The summed E-state index contributed by atoms with van der Waals surface area (Å²) in [6.07, 6.45) is 3.49. The van der Waals surface area contributed by atoms with Gasteiger partial charge in [-0.05, 0) is 23.9 Å². The van der Waals surface area contributed by atoms with Crippen molar-refractivity contribution in [3.8, 4) is 0 Å². The molecular weight excluding hydrogens is 272 g/mol. The minimum atomic E-state index is -0.0292. The van der Waals surface area contributed by atoms with Crippen LogP contribution in [0.4, 0.5) is 0 Å². The van der Waals surface area contributed by atoms with E-state index in [1.807, 2.05) is 6.92 Å². The molecule has 0 saturated heterocycles. The van der Waals surface area contributed by atoms with Gasteiger partial charge in [0, 0.05) is 29.2 Å². The zero-order valence-electron chi connectivity index (χ0n) is 11.2. The van der Waals surface area contributed by atoms with Crippen molar-refractivity contribution in [1.29, 1.82) is 0 Å². The van der Waals surface area contributed by atoms with Gasteiger partial charge < -0.3 is 15.9 Å². The molecule has 0 saturated carbocycles. The lowest BCUT2D eigenvalue weighted by Gasteiger charge is -2.21. The number of rotatable bonds is 2. The minimum absolute atomic E-state index is 0.0292. The molecule has 20 heavy (non-hydrogen) atoms. The number of hydrogen-bond donors (Lipinski definition) is 2. The molecule has 2 aromatic heterocycles. The Morgan fingerprint density at radius 3 is 2.95 bits per heavy atom. The maximum Gasteiger partial charge on any atom is 0.211 e. The third kappa shape index (κ3) is 2.34. The highest BCUT2D eigenvalue weighted by atomic mass is 32.1. The van der Waals surface area contributed by atoms with E-state index in [-0.39, 0.29) is 5.96 Å². The number of furan rings is 1. The maximum absolute atomic E-state index is 5.66. The number of hydrogen-bond acceptors (Lipinski definition) is 4. The van der Waals surface area contributed by atoms with Crippen LogP contribution in [0, 0.1) is 6.92 Å². The predicted molar refractivity (Wildman–Crippen MR) is 81.2 cm³/mol. The molecule has 1 unspecified atom stereocenters. The molecule has 6 heteroatoms. The summed E-state index contributed by atoms with van der Waals surface area (Å²) in [5.41, 5.74) is 13.8. The second-order valence-electron chi connectivity index (χ2n) is 4.91. The van der Waals surface area contributed by atoms with Crippen molar-refractivity contribution >= 4 is 23.0 Å². The van der Waals surface area contributed by atoms with Gasteiger partial charge in [0.05, 0.1) is 12.0 Å². The van der Waals surface area contributed by atoms with E-state index in [0.717, 1.165) is 35.4 Å². The molecule has 2 aromatic rings. The third-order valence-electron chi connectivity index (χ3n) is 3.44. The first kappa shape index (κ1) is 12.9. The summed E-state index contributed by atoms with van der Waals surface area (Å²) in [7, 11) is 0. The molecule has 5 nitrogen and oxygen atoms in total. The summed E-state index contributed by atoms with van der Waals surface area (Å²) in [5, 5.41) is 10.1. The number of fused-ring (bicyclic) bond motifs is 1. The van der Waals surface area contributed by atoms with Crippen molar-refractivity contribution < 1.29 is 4.42 Å². The van der Waals surface area contributed by atoms with Gasteiger partial charge in [-0.2, -0.15) is 5.10 Å². The number of nitrogens with zero attached hydrogens (tertiary/aromatic N) is 2. The zero-order valence-corrected chi connectivity index (χ0v) is 12.0.